The molecule has 1 heterocycles. The summed E-state index contributed by atoms with van der Waals surface area (Å²) in [6, 6.07) is 8.61. The molecule has 1 aliphatic rings. The highest BCUT2D eigenvalue weighted by Crippen LogP contribution is 2.19. The van der Waals surface area contributed by atoms with Gasteiger partial charge in [0.1, 0.15) is 0 Å². The number of nitrogens with zero attached hydrogens (tertiary/aromatic N) is 1. The number of hydrogen-bond donors (Lipinski definition) is 1. The highest BCUT2D eigenvalue weighted by atomic mass is 16.5. The van der Waals surface area contributed by atoms with Gasteiger partial charge in [-0.15, -0.1) is 0 Å². The summed E-state index contributed by atoms with van der Waals surface area (Å²) in [7, 11) is 0. The van der Waals surface area contributed by atoms with Crippen molar-refractivity contribution in [3.05, 3.63) is 29.8 Å². The molecule has 0 bridgehead atoms. The van der Waals surface area contributed by atoms with E-state index in [9.17, 15) is 0 Å². The zero-order valence-corrected chi connectivity index (χ0v) is 12.2. The quantitative estimate of drug-likeness (QED) is 0.817. The monoisotopic (exact) mass is 262 g/mol. The Labute approximate surface area is 116 Å². The molecule has 1 saturated heterocycles. The molecule has 0 spiro atoms. The zero-order valence-electron chi connectivity index (χ0n) is 12.2. The molecule has 1 fully saturated rings. The van der Waals surface area contributed by atoms with E-state index in [1.807, 2.05) is 0 Å². The standard InChI is InChI=1S/C16H26N2O/c1-3-18(4-2)13-14-8-5-6-10-16(14)17-12-15-9-7-11-19-15/h5-6,8,10,15,17H,3-4,7,9,11-13H2,1-2H3. The van der Waals surface area contributed by atoms with Crippen LogP contribution in [0.4, 0.5) is 5.69 Å². The summed E-state index contributed by atoms with van der Waals surface area (Å²) in [6.07, 6.45) is 2.78. The van der Waals surface area contributed by atoms with Gasteiger partial charge in [-0.3, -0.25) is 4.90 Å². The van der Waals surface area contributed by atoms with Gasteiger partial charge >= 0.3 is 0 Å². The van der Waals surface area contributed by atoms with Crippen LogP contribution in [0.1, 0.15) is 32.3 Å². The van der Waals surface area contributed by atoms with Gasteiger partial charge in [-0.2, -0.15) is 0 Å². The van der Waals surface area contributed by atoms with E-state index in [2.05, 4.69) is 48.3 Å². The fourth-order valence-corrected chi connectivity index (χ4v) is 2.55. The molecule has 1 aromatic rings. The first kappa shape index (κ1) is 14.4. The molecule has 0 aliphatic carbocycles. The second-order valence-electron chi connectivity index (χ2n) is 5.13. The molecular weight excluding hydrogens is 236 g/mol. The smallest absolute Gasteiger partial charge is 0.0748 e. The Morgan fingerprint density at radius 1 is 1.26 bits per heavy atom. The summed E-state index contributed by atoms with van der Waals surface area (Å²) in [5, 5.41) is 3.56. The molecule has 106 valence electrons. The Hall–Kier alpha value is -1.06. The third-order valence-corrected chi connectivity index (χ3v) is 3.85. The van der Waals surface area contributed by atoms with Crippen LogP contribution in [0.15, 0.2) is 24.3 Å². The molecule has 2 rings (SSSR count). The van der Waals surface area contributed by atoms with Gasteiger partial charge in [0.15, 0.2) is 0 Å². The first-order valence-electron chi connectivity index (χ1n) is 7.49. The normalized spacial score (nSPS) is 19.0. The first-order valence-corrected chi connectivity index (χ1v) is 7.49. The van der Waals surface area contributed by atoms with Crippen LogP contribution in [0, 0.1) is 0 Å². The van der Waals surface area contributed by atoms with E-state index in [-0.39, 0.29) is 0 Å². The van der Waals surface area contributed by atoms with Crippen molar-refractivity contribution in [3.63, 3.8) is 0 Å². The van der Waals surface area contributed by atoms with E-state index >= 15 is 0 Å². The Bertz CT molecular complexity index is 371. The summed E-state index contributed by atoms with van der Waals surface area (Å²) in [5.74, 6) is 0. The molecular formula is C16H26N2O. The molecule has 0 aromatic heterocycles. The zero-order chi connectivity index (χ0) is 13.5. The number of benzene rings is 1. The van der Waals surface area contributed by atoms with Crippen molar-refractivity contribution in [2.24, 2.45) is 0 Å². The third kappa shape index (κ3) is 4.22. The number of anilines is 1. The number of nitrogens with one attached hydrogen (secondary N) is 1. The van der Waals surface area contributed by atoms with Crippen molar-refractivity contribution in [1.82, 2.24) is 4.90 Å². The van der Waals surface area contributed by atoms with E-state index < -0.39 is 0 Å². The maximum absolute atomic E-state index is 5.67. The molecule has 19 heavy (non-hydrogen) atoms. The van der Waals surface area contributed by atoms with Crippen LogP contribution in [0.2, 0.25) is 0 Å². The van der Waals surface area contributed by atoms with Gasteiger partial charge in [0, 0.05) is 25.4 Å². The Balaban J connectivity index is 1.94. The van der Waals surface area contributed by atoms with E-state index in [0.29, 0.717) is 6.10 Å². The molecule has 3 nitrogen and oxygen atoms in total. The molecule has 0 amide bonds. The highest BCUT2D eigenvalue weighted by molar-refractivity contribution is 5.51. The van der Waals surface area contributed by atoms with E-state index in [4.69, 9.17) is 4.74 Å². The summed E-state index contributed by atoms with van der Waals surface area (Å²) < 4.78 is 5.67. The fraction of sp³-hybridized carbons (Fsp3) is 0.625. The Morgan fingerprint density at radius 3 is 2.74 bits per heavy atom. The van der Waals surface area contributed by atoms with Gasteiger partial charge in [0.25, 0.3) is 0 Å². The van der Waals surface area contributed by atoms with E-state index in [1.165, 1.54) is 24.1 Å². The molecule has 1 atom stereocenters. The van der Waals surface area contributed by atoms with Crippen LogP contribution in [0.5, 0.6) is 0 Å². The van der Waals surface area contributed by atoms with E-state index in [0.717, 1.165) is 32.8 Å². The average Bonchev–Trinajstić information content (AvgIpc) is 2.97. The molecule has 0 radical (unpaired) electrons. The average molecular weight is 262 g/mol. The van der Waals surface area contributed by atoms with Crippen molar-refractivity contribution in [2.75, 3.05) is 31.6 Å². The molecule has 1 aromatic carbocycles. The second-order valence-corrected chi connectivity index (χ2v) is 5.13. The van der Waals surface area contributed by atoms with Gasteiger partial charge < -0.3 is 10.1 Å². The van der Waals surface area contributed by atoms with Crippen molar-refractivity contribution in [3.8, 4) is 0 Å². The Kier molecular flexibility index (Phi) is 5.67. The van der Waals surface area contributed by atoms with Crippen LogP contribution in [0.3, 0.4) is 0 Å². The summed E-state index contributed by atoms with van der Waals surface area (Å²) in [5.41, 5.74) is 2.63. The summed E-state index contributed by atoms with van der Waals surface area (Å²) >= 11 is 0. The topological polar surface area (TPSA) is 24.5 Å². The fourth-order valence-electron chi connectivity index (χ4n) is 2.55. The minimum absolute atomic E-state index is 0.390. The van der Waals surface area contributed by atoms with Crippen LogP contribution >= 0.6 is 0 Å². The van der Waals surface area contributed by atoms with Crippen molar-refractivity contribution >= 4 is 5.69 Å². The minimum Gasteiger partial charge on any atom is -0.382 e. The molecule has 1 unspecified atom stereocenters. The lowest BCUT2D eigenvalue weighted by Gasteiger charge is -2.21. The van der Waals surface area contributed by atoms with Crippen LogP contribution in [-0.4, -0.2) is 37.2 Å². The molecule has 1 aliphatic heterocycles. The second kappa shape index (κ2) is 7.51. The van der Waals surface area contributed by atoms with Crippen molar-refractivity contribution < 1.29 is 4.74 Å². The summed E-state index contributed by atoms with van der Waals surface area (Å²) in [4.78, 5) is 2.44. The van der Waals surface area contributed by atoms with Gasteiger partial charge in [-0.05, 0) is 37.6 Å². The minimum atomic E-state index is 0.390. The number of hydrogen-bond acceptors (Lipinski definition) is 3. The highest BCUT2D eigenvalue weighted by Gasteiger charge is 2.15. The molecule has 0 saturated carbocycles. The van der Waals surface area contributed by atoms with Crippen molar-refractivity contribution in [1.29, 1.82) is 0 Å². The van der Waals surface area contributed by atoms with Crippen LogP contribution in [-0.2, 0) is 11.3 Å². The van der Waals surface area contributed by atoms with Crippen molar-refractivity contribution in [2.45, 2.75) is 39.3 Å². The van der Waals surface area contributed by atoms with Gasteiger partial charge in [0.05, 0.1) is 6.10 Å². The lowest BCUT2D eigenvalue weighted by molar-refractivity contribution is 0.120. The number of ether oxygens (including phenoxy) is 1. The number of rotatable bonds is 7. The van der Waals surface area contributed by atoms with Gasteiger partial charge in [-0.1, -0.05) is 32.0 Å². The third-order valence-electron chi connectivity index (χ3n) is 3.85. The molecule has 3 heteroatoms. The lowest BCUT2D eigenvalue weighted by atomic mass is 10.1. The van der Waals surface area contributed by atoms with Gasteiger partial charge in [-0.25, -0.2) is 0 Å². The Morgan fingerprint density at radius 2 is 2.05 bits per heavy atom. The summed E-state index contributed by atoms with van der Waals surface area (Å²) in [6.45, 7) is 9.48. The predicted molar refractivity (Wildman–Crippen MR) is 80.5 cm³/mol. The SMILES string of the molecule is CCN(CC)Cc1ccccc1NCC1CCCO1. The lowest BCUT2D eigenvalue weighted by Crippen LogP contribution is -2.24. The van der Waals surface area contributed by atoms with Gasteiger partial charge in [0.2, 0.25) is 0 Å². The number of para-hydroxylation sites is 1. The first-order chi connectivity index (χ1) is 9.33. The predicted octanol–water partition coefficient (Wildman–Crippen LogP) is 3.12. The maximum atomic E-state index is 5.67. The van der Waals surface area contributed by atoms with Crippen LogP contribution < -0.4 is 5.32 Å². The molecule has 1 N–H and O–H groups in total. The maximum Gasteiger partial charge on any atom is 0.0748 e. The van der Waals surface area contributed by atoms with Crippen LogP contribution in [0.25, 0.3) is 0 Å². The van der Waals surface area contributed by atoms with E-state index in [1.54, 1.807) is 0 Å². The largest absolute Gasteiger partial charge is 0.382 e.